The van der Waals surface area contributed by atoms with Gasteiger partial charge >= 0.3 is 6.18 Å². The number of aromatic nitrogens is 1. The molecule has 0 aliphatic rings. The van der Waals surface area contributed by atoms with Crippen molar-refractivity contribution in [2.75, 3.05) is 4.72 Å². The minimum absolute atomic E-state index is 0.124. The largest absolute Gasteiger partial charge is 0.416 e. The van der Waals surface area contributed by atoms with Crippen LogP contribution in [0.5, 0.6) is 0 Å². The monoisotopic (exact) mass is 537 g/mol. The molecule has 0 bridgehead atoms. The Morgan fingerprint density at radius 1 is 0.842 bits per heavy atom. The second kappa shape index (κ2) is 9.34. The van der Waals surface area contributed by atoms with E-state index in [1.807, 2.05) is 22.8 Å². The van der Waals surface area contributed by atoms with Crippen molar-refractivity contribution in [3.63, 3.8) is 0 Å². The average Bonchev–Trinajstić information content (AvgIpc) is 3.33. The maximum atomic E-state index is 13.0. The Morgan fingerprint density at radius 2 is 1.53 bits per heavy atom. The smallest absolute Gasteiger partial charge is 0.316 e. The fraction of sp³-hybridized carbons (Fsp3) is 0.0370. The molecule has 11 heteroatoms. The molecule has 5 rings (SSSR count). The molecular formula is C27H18F3N3O4S. The summed E-state index contributed by atoms with van der Waals surface area (Å²) in [5, 5.41) is 11.7. The van der Waals surface area contributed by atoms with Crippen LogP contribution in [0.25, 0.3) is 27.7 Å². The zero-order chi connectivity index (χ0) is 27.1. The number of halogens is 3. The van der Waals surface area contributed by atoms with Crippen LogP contribution in [0.3, 0.4) is 0 Å². The molecule has 0 radical (unpaired) electrons. The molecule has 38 heavy (non-hydrogen) atoms. The van der Waals surface area contributed by atoms with Gasteiger partial charge in [-0.25, -0.2) is 8.42 Å². The lowest BCUT2D eigenvalue weighted by atomic mass is 10.0. The van der Waals surface area contributed by atoms with Crippen molar-refractivity contribution >= 4 is 32.3 Å². The van der Waals surface area contributed by atoms with Crippen LogP contribution in [0.2, 0.25) is 0 Å². The molecule has 192 valence electrons. The summed E-state index contributed by atoms with van der Waals surface area (Å²) in [5.41, 5.74) is 2.14. The predicted octanol–water partition coefficient (Wildman–Crippen LogP) is 7.03. The molecule has 4 aromatic carbocycles. The van der Waals surface area contributed by atoms with E-state index >= 15 is 0 Å². The summed E-state index contributed by atoms with van der Waals surface area (Å²) in [7, 11) is -4.00. The van der Waals surface area contributed by atoms with Crippen LogP contribution in [-0.4, -0.2) is 17.9 Å². The normalized spacial score (nSPS) is 12.0. The number of fused-ring (bicyclic) bond motifs is 1. The van der Waals surface area contributed by atoms with Crippen molar-refractivity contribution in [1.29, 1.82) is 0 Å². The van der Waals surface area contributed by atoms with E-state index in [-0.39, 0.29) is 16.3 Å². The molecule has 0 amide bonds. The SMILES string of the molecule is O=[N+]([O-])c1ccc(S(=O)(=O)Nc2cccc(-n3ccc4c(-c5ccc(C(F)(F)F)cc5)cccc43)c2)cc1. The fourth-order valence-electron chi connectivity index (χ4n) is 4.16. The van der Waals surface area contributed by atoms with Crippen LogP contribution in [0.4, 0.5) is 24.5 Å². The molecule has 5 aromatic rings. The lowest BCUT2D eigenvalue weighted by molar-refractivity contribution is -0.384. The number of nitro groups is 1. The second-order valence-corrected chi connectivity index (χ2v) is 10.1. The Bertz CT molecular complexity index is 1760. The summed E-state index contributed by atoms with van der Waals surface area (Å²) in [5.74, 6) is 0. The van der Waals surface area contributed by atoms with Gasteiger partial charge in [0.1, 0.15) is 0 Å². The Balaban J connectivity index is 1.46. The highest BCUT2D eigenvalue weighted by molar-refractivity contribution is 7.92. The quantitative estimate of drug-likeness (QED) is 0.186. The van der Waals surface area contributed by atoms with E-state index in [0.29, 0.717) is 11.3 Å². The first-order valence-corrected chi connectivity index (χ1v) is 12.7. The third-order valence-electron chi connectivity index (χ3n) is 5.99. The van der Waals surface area contributed by atoms with E-state index in [9.17, 15) is 31.7 Å². The van der Waals surface area contributed by atoms with Gasteiger partial charge in [-0.1, -0.05) is 30.3 Å². The van der Waals surface area contributed by atoms with Gasteiger partial charge in [-0.05, 0) is 65.7 Å². The number of nitro benzene ring substituents is 1. The number of hydrogen-bond acceptors (Lipinski definition) is 4. The van der Waals surface area contributed by atoms with E-state index < -0.39 is 26.7 Å². The van der Waals surface area contributed by atoms with E-state index in [1.165, 1.54) is 12.1 Å². The molecule has 0 aliphatic heterocycles. The Kier molecular flexibility index (Phi) is 6.15. The lowest BCUT2D eigenvalue weighted by Gasteiger charge is -2.12. The van der Waals surface area contributed by atoms with E-state index in [0.717, 1.165) is 52.9 Å². The van der Waals surface area contributed by atoms with Gasteiger partial charge in [0.05, 0.1) is 26.6 Å². The number of non-ortho nitro benzene ring substituents is 1. The summed E-state index contributed by atoms with van der Waals surface area (Å²) in [6.07, 6.45) is -2.62. The molecule has 1 aromatic heterocycles. The fourth-order valence-corrected chi connectivity index (χ4v) is 5.21. The molecule has 0 unspecified atom stereocenters. The molecule has 0 spiro atoms. The molecule has 0 fully saturated rings. The number of rotatable bonds is 6. The van der Waals surface area contributed by atoms with Crippen molar-refractivity contribution in [3.8, 4) is 16.8 Å². The molecule has 7 nitrogen and oxygen atoms in total. The molecule has 0 aliphatic carbocycles. The predicted molar refractivity (Wildman–Crippen MR) is 138 cm³/mol. The van der Waals surface area contributed by atoms with Crippen LogP contribution in [-0.2, 0) is 16.2 Å². The third kappa shape index (κ3) is 4.83. The lowest BCUT2D eigenvalue weighted by Crippen LogP contribution is -2.13. The summed E-state index contributed by atoms with van der Waals surface area (Å²) in [4.78, 5) is 10.1. The van der Waals surface area contributed by atoms with Crippen LogP contribution >= 0.6 is 0 Å². The minimum atomic E-state index is -4.42. The number of hydrogen-bond donors (Lipinski definition) is 1. The van der Waals surface area contributed by atoms with Crippen LogP contribution in [0.15, 0.2) is 108 Å². The third-order valence-corrected chi connectivity index (χ3v) is 7.39. The highest BCUT2D eigenvalue weighted by atomic mass is 32.2. The molecular weight excluding hydrogens is 519 g/mol. The van der Waals surface area contributed by atoms with Gasteiger partial charge in [-0.15, -0.1) is 0 Å². The molecule has 1 N–H and O–H groups in total. The van der Waals surface area contributed by atoms with E-state index in [4.69, 9.17) is 0 Å². The maximum absolute atomic E-state index is 13.0. The summed E-state index contributed by atoms with van der Waals surface area (Å²) < 4.78 is 68.9. The van der Waals surface area contributed by atoms with E-state index in [1.54, 1.807) is 36.5 Å². The van der Waals surface area contributed by atoms with Crippen molar-refractivity contribution in [2.45, 2.75) is 11.1 Å². The summed E-state index contributed by atoms with van der Waals surface area (Å²) >= 11 is 0. The van der Waals surface area contributed by atoms with Crippen LogP contribution in [0, 0.1) is 10.1 Å². The van der Waals surface area contributed by atoms with Crippen molar-refractivity contribution in [3.05, 3.63) is 119 Å². The van der Waals surface area contributed by atoms with Crippen molar-refractivity contribution in [2.24, 2.45) is 0 Å². The van der Waals surface area contributed by atoms with Crippen molar-refractivity contribution < 1.29 is 26.5 Å². The van der Waals surface area contributed by atoms with Crippen molar-refractivity contribution in [1.82, 2.24) is 4.57 Å². The number of alkyl halides is 3. The van der Waals surface area contributed by atoms with Gasteiger partial charge in [0.15, 0.2) is 0 Å². The van der Waals surface area contributed by atoms with E-state index in [2.05, 4.69) is 4.72 Å². The number of anilines is 1. The summed E-state index contributed by atoms with van der Waals surface area (Å²) in [6, 6.07) is 23.5. The van der Waals surface area contributed by atoms with Gasteiger partial charge in [0.25, 0.3) is 15.7 Å². The number of benzene rings is 4. The van der Waals surface area contributed by atoms with Gasteiger partial charge in [-0.2, -0.15) is 13.2 Å². The molecule has 1 heterocycles. The first kappa shape index (κ1) is 25.0. The number of nitrogens with zero attached hydrogens (tertiary/aromatic N) is 2. The Morgan fingerprint density at radius 3 is 2.18 bits per heavy atom. The number of sulfonamides is 1. The van der Waals surface area contributed by atoms with Crippen LogP contribution in [0.1, 0.15) is 5.56 Å². The van der Waals surface area contributed by atoms with Gasteiger partial charge in [-0.3, -0.25) is 14.8 Å². The first-order valence-electron chi connectivity index (χ1n) is 11.2. The Labute approximate surface area is 215 Å². The maximum Gasteiger partial charge on any atom is 0.416 e. The number of nitrogens with one attached hydrogen (secondary N) is 1. The average molecular weight is 538 g/mol. The zero-order valence-corrected chi connectivity index (χ0v) is 20.2. The summed E-state index contributed by atoms with van der Waals surface area (Å²) in [6.45, 7) is 0. The molecule has 0 saturated carbocycles. The van der Waals surface area contributed by atoms with Gasteiger partial charge in [0.2, 0.25) is 0 Å². The van der Waals surface area contributed by atoms with Crippen LogP contribution < -0.4 is 4.72 Å². The Hall–Kier alpha value is -4.64. The molecule has 0 saturated heterocycles. The highest BCUT2D eigenvalue weighted by Crippen LogP contribution is 2.34. The highest BCUT2D eigenvalue weighted by Gasteiger charge is 2.30. The standard InChI is InChI=1S/C27H18F3N3O4S/c28-27(29,30)19-9-7-18(8-10-19)24-5-2-6-26-25(24)15-16-32(26)22-4-1-3-20(17-22)31-38(36,37)23-13-11-21(12-14-23)33(34)35/h1-17,31H. The second-order valence-electron chi connectivity index (χ2n) is 8.41. The zero-order valence-electron chi connectivity index (χ0n) is 19.4. The van der Waals surface area contributed by atoms with Gasteiger partial charge < -0.3 is 4.57 Å². The topological polar surface area (TPSA) is 94.2 Å². The first-order chi connectivity index (χ1) is 18.0. The molecule has 0 atom stereocenters. The minimum Gasteiger partial charge on any atom is -0.316 e. The van der Waals surface area contributed by atoms with Gasteiger partial charge in [0, 0.05) is 29.4 Å².